The van der Waals surface area contributed by atoms with E-state index >= 15 is 0 Å². The highest BCUT2D eigenvalue weighted by atomic mass is 19.1. The van der Waals surface area contributed by atoms with E-state index < -0.39 is 0 Å². The van der Waals surface area contributed by atoms with Gasteiger partial charge in [0.2, 0.25) is 5.95 Å². The van der Waals surface area contributed by atoms with Gasteiger partial charge in [0.1, 0.15) is 11.6 Å². The molecule has 8 heteroatoms. The summed E-state index contributed by atoms with van der Waals surface area (Å²) in [4.78, 5) is 4.34. The number of ether oxygens (including phenoxy) is 1. The molecule has 1 aromatic carbocycles. The first-order chi connectivity index (χ1) is 10.7. The summed E-state index contributed by atoms with van der Waals surface area (Å²) in [5.74, 6) is 0.362. The molecule has 2 aromatic heterocycles. The smallest absolute Gasteiger partial charge is 0.240 e. The average molecular weight is 300 g/mol. The highest BCUT2D eigenvalue weighted by molar-refractivity contribution is 5.70. The fourth-order valence-corrected chi connectivity index (χ4v) is 2.16. The Bertz CT molecular complexity index is 804. The number of anilines is 1. The lowest BCUT2D eigenvalue weighted by Crippen LogP contribution is -2.08. The number of pyridine rings is 1. The molecule has 0 amide bonds. The van der Waals surface area contributed by atoms with Gasteiger partial charge < -0.3 is 10.5 Å². The highest BCUT2D eigenvalue weighted by Crippen LogP contribution is 2.31. The van der Waals surface area contributed by atoms with E-state index in [1.807, 2.05) is 6.07 Å². The molecule has 3 rings (SSSR count). The van der Waals surface area contributed by atoms with Crippen LogP contribution in [0.3, 0.4) is 0 Å². The third-order valence-corrected chi connectivity index (χ3v) is 3.19. The van der Waals surface area contributed by atoms with Crippen molar-refractivity contribution in [3.63, 3.8) is 0 Å². The largest absolute Gasteiger partial charge is 0.496 e. The van der Waals surface area contributed by atoms with Crippen LogP contribution >= 0.6 is 0 Å². The van der Waals surface area contributed by atoms with Gasteiger partial charge in [-0.3, -0.25) is 4.98 Å². The van der Waals surface area contributed by atoms with Gasteiger partial charge in [0, 0.05) is 17.3 Å². The Balaban J connectivity index is 2.09. The van der Waals surface area contributed by atoms with Gasteiger partial charge in [-0.25, -0.2) is 9.07 Å². The summed E-state index contributed by atoms with van der Waals surface area (Å²) in [6, 6.07) is 7.92. The first-order valence-electron chi connectivity index (χ1n) is 6.48. The molecule has 112 valence electrons. The number of hydrogen-bond acceptors (Lipinski definition) is 6. The molecular weight excluding hydrogens is 287 g/mol. The Morgan fingerprint density at radius 3 is 2.91 bits per heavy atom. The molecule has 0 unspecified atom stereocenters. The third kappa shape index (κ3) is 2.58. The van der Waals surface area contributed by atoms with E-state index in [2.05, 4.69) is 20.5 Å². The number of rotatable bonds is 4. The van der Waals surface area contributed by atoms with E-state index in [1.165, 1.54) is 23.9 Å². The van der Waals surface area contributed by atoms with Gasteiger partial charge in [-0.15, -0.1) is 0 Å². The van der Waals surface area contributed by atoms with Crippen molar-refractivity contribution in [2.75, 3.05) is 12.8 Å². The number of tetrazole rings is 1. The highest BCUT2D eigenvalue weighted by Gasteiger charge is 2.14. The Kier molecular flexibility index (Phi) is 3.65. The lowest BCUT2D eigenvalue weighted by Gasteiger charge is -2.12. The SMILES string of the molecule is COc1ccc(F)cc1-c1ncccc1Cn1nnnc1N. The van der Waals surface area contributed by atoms with Gasteiger partial charge in [0.05, 0.1) is 19.3 Å². The van der Waals surface area contributed by atoms with E-state index in [9.17, 15) is 4.39 Å². The number of nitrogens with two attached hydrogens (primary N) is 1. The number of aromatic nitrogens is 5. The normalized spacial score (nSPS) is 10.6. The van der Waals surface area contributed by atoms with Crippen LogP contribution in [0.2, 0.25) is 0 Å². The van der Waals surface area contributed by atoms with Crippen LogP contribution < -0.4 is 10.5 Å². The molecule has 7 nitrogen and oxygen atoms in total. The van der Waals surface area contributed by atoms with Crippen LogP contribution in [0.15, 0.2) is 36.5 Å². The van der Waals surface area contributed by atoms with Crippen LogP contribution in [0, 0.1) is 5.82 Å². The Labute approximate surface area is 125 Å². The monoisotopic (exact) mass is 300 g/mol. The summed E-state index contributed by atoms with van der Waals surface area (Å²) in [6.07, 6.45) is 1.63. The lowest BCUT2D eigenvalue weighted by molar-refractivity contribution is 0.415. The number of benzene rings is 1. The minimum atomic E-state index is -0.366. The standard InChI is InChI=1S/C14H13FN6O/c1-22-12-5-4-10(15)7-11(12)13-9(3-2-6-17-13)8-21-14(16)18-19-20-21/h2-7H,8H2,1H3,(H2,16,18,20). The maximum absolute atomic E-state index is 13.6. The zero-order valence-electron chi connectivity index (χ0n) is 11.8. The Morgan fingerprint density at radius 1 is 1.32 bits per heavy atom. The minimum absolute atomic E-state index is 0.195. The summed E-state index contributed by atoms with van der Waals surface area (Å²) < 4.78 is 20.3. The van der Waals surface area contributed by atoms with Crippen LogP contribution in [0.5, 0.6) is 5.75 Å². The molecule has 22 heavy (non-hydrogen) atoms. The first kappa shape index (κ1) is 13.9. The molecular formula is C14H13FN6O. The third-order valence-electron chi connectivity index (χ3n) is 3.19. The van der Waals surface area contributed by atoms with Crippen molar-refractivity contribution in [1.82, 2.24) is 25.2 Å². The predicted octanol–water partition coefficient (Wildman–Crippen LogP) is 1.51. The van der Waals surface area contributed by atoms with Gasteiger partial charge in [0.15, 0.2) is 0 Å². The molecule has 0 fully saturated rings. The zero-order chi connectivity index (χ0) is 15.5. The summed E-state index contributed by atoms with van der Waals surface area (Å²) in [6.45, 7) is 0.321. The first-order valence-corrected chi connectivity index (χ1v) is 6.48. The molecule has 3 aromatic rings. The van der Waals surface area contributed by atoms with Crippen molar-refractivity contribution in [1.29, 1.82) is 0 Å². The van der Waals surface area contributed by atoms with Gasteiger partial charge in [0.25, 0.3) is 0 Å². The van der Waals surface area contributed by atoms with Crippen molar-refractivity contribution < 1.29 is 9.13 Å². The van der Waals surface area contributed by atoms with E-state index in [1.54, 1.807) is 18.3 Å². The van der Waals surface area contributed by atoms with Crippen molar-refractivity contribution >= 4 is 5.95 Å². The molecule has 0 saturated carbocycles. The zero-order valence-corrected chi connectivity index (χ0v) is 11.8. The molecule has 0 spiro atoms. The quantitative estimate of drug-likeness (QED) is 0.785. The Hall–Kier alpha value is -3.03. The van der Waals surface area contributed by atoms with Crippen LogP contribution in [0.4, 0.5) is 10.3 Å². The van der Waals surface area contributed by atoms with Crippen molar-refractivity contribution in [2.45, 2.75) is 6.54 Å². The summed E-state index contributed by atoms with van der Waals surface area (Å²) in [7, 11) is 1.53. The number of methoxy groups -OCH3 is 1. The molecule has 0 aliphatic rings. The van der Waals surface area contributed by atoms with Crippen LogP contribution in [-0.2, 0) is 6.54 Å². The lowest BCUT2D eigenvalue weighted by atomic mass is 10.0. The molecule has 0 bridgehead atoms. The van der Waals surface area contributed by atoms with E-state index in [0.717, 1.165) is 5.56 Å². The number of halogens is 1. The number of nitrogens with zero attached hydrogens (tertiary/aromatic N) is 5. The number of nitrogen functional groups attached to an aromatic ring is 1. The van der Waals surface area contributed by atoms with Crippen molar-refractivity contribution in [3.8, 4) is 17.0 Å². The minimum Gasteiger partial charge on any atom is -0.496 e. The predicted molar refractivity (Wildman–Crippen MR) is 77.5 cm³/mol. The molecule has 2 heterocycles. The second kappa shape index (κ2) is 5.76. The summed E-state index contributed by atoms with van der Waals surface area (Å²) >= 11 is 0. The molecule has 0 saturated heterocycles. The molecule has 0 atom stereocenters. The van der Waals surface area contributed by atoms with E-state index in [-0.39, 0.29) is 11.8 Å². The number of hydrogen-bond donors (Lipinski definition) is 1. The van der Waals surface area contributed by atoms with E-state index in [4.69, 9.17) is 10.5 Å². The average Bonchev–Trinajstić information content (AvgIpc) is 2.93. The van der Waals surface area contributed by atoms with Crippen LogP contribution in [0.1, 0.15) is 5.56 Å². The summed E-state index contributed by atoms with van der Waals surface area (Å²) in [5, 5.41) is 10.9. The Morgan fingerprint density at radius 2 is 2.18 bits per heavy atom. The fraction of sp³-hybridized carbons (Fsp3) is 0.143. The molecule has 2 N–H and O–H groups in total. The fourth-order valence-electron chi connectivity index (χ4n) is 2.16. The molecule has 0 aliphatic heterocycles. The van der Waals surface area contributed by atoms with Crippen molar-refractivity contribution in [3.05, 3.63) is 47.9 Å². The second-order valence-corrected chi connectivity index (χ2v) is 4.55. The van der Waals surface area contributed by atoms with Gasteiger partial charge in [-0.2, -0.15) is 0 Å². The topological polar surface area (TPSA) is 91.7 Å². The van der Waals surface area contributed by atoms with Crippen molar-refractivity contribution in [2.24, 2.45) is 0 Å². The van der Waals surface area contributed by atoms with Gasteiger partial charge in [-0.1, -0.05) is 11.2 Å². The van der Waals surface area contributed by atoms with Gasteiger partial charge >= 0.3 is 0 Å². The summed E-state index contributed by atoms with van der Waals surface area (Å²) in [5.41, 5.74) is 7.63. The van der Waals surface area contributed by atoms with Gasteiger partial charge in [-0.05, 0) is 34.7 Å². The maximum Gasteiger partial charge on any atom is 0.240 e. The van der Waals surface area contributed by atoms with E-state index in [0.29, 0.717) is 23.6 Å². The molecule has 0 aliphatic carbocycles. The molecule has 0 radical (unpaired) electrons. The van der Waals surface area contributed by atoms with Crippen LogP contribution in [-0.4, -0.2) is 32.3 Å². The van der Waals surface area contributed by atoms with Crippen LogP contribution in [0.25, 0.3) is 11.3 Å². The maximum atomic E-state index is 13.6. The second-order valence-electron chi connectivity index (χ2n) is 4.55.